The zero-order valence-electron chi connectivity index (χ0n) is 17.2. The van der Waals surface area contributed by atoms with Crippen molar-refractivity contribution >= 4 is 22.6 Å². The highest BCUT2D eigenvalue weighted by Crippen LogP contribution is 2.25. The van der Waals surface area contributed by atoms with Crippen LogP contribution in [-0.2, 0) is 0 Å². The number of anilines is 1. The maximum absolute atomic E-state index is 14.8. The van der Waals surface area contributed by atoms with E-state index in [1.54, 1.807) is 43.5 Å². The van der Waals surface area contributed by atoms with Gasteiger partial charge < -0.3 is 10.1 Å². The van der Waals surface area contributed by atoms with Gasteiger partial charge in [-0.1, -0.05) is 6.07 Å². The molecule has 3 rings (SSSR count). The fourth-order valence-corrected chi connectivity index (χ4v) is 3.03. The molecule has 0 aliphatic carbocycles. The van der Waals surface area contributed by atoms with Crippen molar-refractivity contribution < 1.29 is 13.9 Å². The van der Waals surface area contributed by atoms with Gasteiger partial charge in [-0.3, -0.25) is 9.78 Å². The molecule has 1 amide bonds. The van der Waals surface area contributed by atoms with Gasteiger partial charge in [-0.2, -0.15) is 0 Å². The minimum absolute atomic E-state index is 0.0585. The number of pyridine rings is 2. The van der Waals surface area contributed by atoms with Crippen molar-refractivity contribution in [3.05, 3.63) is 59.7 Å². The Morgan fingerprint density at radius 3 is 2.87 bits per heavy atom. The van der Waals surface area contributed by atoms with E-state index in [1.165, 1.54) is 6.07 Å². The maximum Gasteiger partial charge on any atom is 0.274 e. The number of unbranched alkanes of at least 4 members (excludes halogenated alkanes) is 3. The summed E-state index contributed by atoms with van der Waals surface area (Å²) in [6.45, 7) is 4.01. The van der Waals surface area contributed by atoms with Crippen molar-refractivity contribution in [3.8, 4) is 17.6 Å². The molecule has 0 saturated heterocycles. The Balaban J connectivity index is 1.65. The molecule has 0 bridgehead atoms. The third kappa shape index (κ3) is 5.32. The lowest BCUT2D eigenvalue weighted by atomic mass is 10.1. The fraction of sp³-hybridized carbons (Fsp3) is 0.292. The monoisotopic (exact) mass is 405 g/mol. The van der Waals surface area contributed by atoms with Crippen LogP contribution in [0, 0.1) is 24.6 Å². The van der Waals surface area contributed by atoms with Crippen molar-refractivity contribution in [2.24, 2.45) is 0 Å². The second-order valence-electron chi connectivity index (χ2n) is 6.85. The number of halogens is 1. The zero-order valence-corrected chi connectivity index (χ0v) is 17.2. The summed E-state index contributed by atoms with van der Waals surface area (Å²) >= 11 is 0. The molecule has 0 unspecified atom stereocenters. The summed E-state index contributed by atoms with van der Waals surface area (Å²) in [6, 6.07) is 10.0. The number of hydrogen-bond acceptors (Lipinski definition) is 4. The van der Waals surface area contributed by atoms with Gasteiger partial charge in [-0.05, 0) is 69.0 Å². The summed E-state index contributed by atoms with van der Waals surface area (Å²) in [6.07, 6.45) is 5.31. The zero-order chi connectivity index (χ0) is 21.3. The van der Waals surface area contributed by atoms with Gasteiger partial charge in [-0.15, -0.1) is 11.8 Å². The molecule has 2 heterocycles. The maximum atomic E-state index is 14.8. The summed E-state index contributed by atoms with van der Waals surface area (Å²) in [7, 11) is 0. The lowest BCUT2D eigenvalue weighted by molar-refractivity contribution is 0.102. The SMILES string of the molecule is CC#CCCCCCOc1cccc(NC(=O)c2nc3cccnc3cc2C)c1F. The Bertz CT molecular complexity index is 1100. The number of nitrogens with one attached hydrogen (secondary N) is 1. The molecule has 0 saturated carbocycles. The number of hydrogen-bond donors (Lipinski definition) is 1. The third-order valence-corrected chi connectivity index (χ3v) is 4.58. The average molecular weight is 405 g/mol. The second kappa shape index (κ2) is 10.4. The number of nitrogens with zero attached hydrogens (tertiary/aromatic N) is 2. The Kier molecular flexibility index (Phi) is 7.34. The van der Waals surface area contributed by atoms with Crippen molar-refractivity contribution in [1.82, 2.24) is 9.97 Å². The summed E-state index contributed by atoms with van der Waals surface area (Å²) in [5, 5.41) is 2.61. The lowest BCUT2D eigenvalue weighted by Gasteiger charge is -2.12. The molecule has 1 aromatic carbocycles. The summed E-state index contributed by atoms with van der Waals surface area (Å²) in [4.78, 5) is 21.3. The quantitative estimate of drug-likeness (QED) is 0.408. The van der Waals surface area contributed by atoms with E-state index in [2.05, 4.69) is 27.1 Å². The number of aryl methyl sites for hydroxylation is 1. The van der Waals surface area contributed by atoms with Gasteiger partial charge in [0.1, 0.15) is 5.69 Å². The third-order valence-electron chi connectivity index (χ3n) is 4.58. The molecule has 0 spiro atoms. The molecule has 0 atom stereocenters. The lowest BCUT2D eigenvalue weighted by Crippen LogP contribution is -2.16. The van der Waals surface area contributed by atoms with Crippen LogP contribution in [0.2, 0.25) is 0 Å². The molecular weight excluding hydrogens is 381 g/mol. The molecule has 30 heavy (non-hydrogen) atoms. The van der Waals surface area contributed by atoms with Gasteiger partial charge in [0.2, 0.25) is 0 Å². The van der Waals surface area contributed by atoms with Crippen LogP contribution in [0.1, 0.15) is 48.7 Å². The van der Waals surface area contributed by atoms with Gasteiger partial charge in [0.25, 0.3) is 5.91 Å². The first-order valence-electron chi connectivity index (χ1n) is 9.95. The van der Waals surface area contributed by atoms with E-state index in [0.717, 1.165) is 25.7 Å². The van der Waals surface area contributed by atoms with Crippen LogP contribution in [0.5, 0.6) is 5.75 Å². The summed E-state index contributed by atoms with van der Waals surface area (Å²) < 4.78 is 20.4. The minimum atomic E-state index is -0.595. The van der Waals surface area contributed by atoms with Gasteiger partial charge in [0.05, 0.1) is 23.3 Å². The predicted octanol–water partition coefficient (Wildman–Crippen LogP) is 5.29. The van der Waals surface area contributed by atoms with E-state index in [0.29, 0.717) is 23.2 Å². The number of fused-ring (bicyclic) bond motifs is 1. The molecule has 0 radical (unpaired) electrons. The van der Waals surface area contributed by atoms with E-state index in [-0.39, 0.29) is 17.1 Å². The van der Waals surface area contributed by atoms with Gasteiger partial charge in [0.15, 0.2) is 11.6 Å². The van der Waals surface area contributed by atoms with Crippen LogP contribution in [0.25, 0.3) is 11.0 Å². The predicted molar refractivity (Wildman–Crippen MR) is 116 cm³/mol. The first kappa shape index (κ1) is 21.3. The fourth-order valence-electron chi connectivity index (χ4n) is 3.03. The molecule has 0 aliphatic heterocycles. The van der Waals surface area contributed by atoms with Crippen molar-refractivity contribution in [2.45, 2.75) is 39.5 Å². The summed E-state index contributed by atoms with van der Waals surface area (Å²) in [5.74, 6) is 4.93. The normalized spacial score (nSPS) is 10.4. The number of ether oxygens (including phenoxy) is 1. The molecule has 0 aliphatic rings. The van der Waals surface area contributed by atoms with E-state index in [1.807, 2.05) is 6.92 Å². The highest BCUT2D eigenvalue weighted by atomic mass is 19.1. The van der Waals surface area contributed by atoms with Crippen LogP contribution in [-0.4, -0.2) is 22.5 Å². The molecule has 0 fully saturated rings. The second-order valence-corrected chi connectivity index (χ2v) is 6.85. The Labute approximate surface area is 175 Å². The number of aromatic nitrogens is 2. The number of rotatable bonds is 8. The number of amides is 1. The number of carbonyl (C=O) groups is 1. The highest BCUT2D eigenvalue weighted by Gasteiger charge is 2.16. The highest BCUT2D eigenvalue weighted by molar-refractivity contribution is 6.05. The van der Waals surface area contributed by atoms with Crippen LogP contribution in [0.3, 0.4) is 0 Å². The first-order valence-corrected chi connectivity index (χ1v) is 9.95. The summed E-state index contributed by atoms with van der Waals surface area (Å²) in [5.41, 5.74) is 2.27. The molecule has 154 valence electrons. The van der Waals surface area contributed by atoms with Gasteiger partial charge in [-0.25, -0.2) is 9.37 Å². The van der Waals surface area contributed by atoms with Crippen molar-refractivity contribution in [2.75, 3.05) is 11.9 Å². The van der Waals surface area contributed by atoms with Gasteiger partial charge in [0, 0.05) is 12.6 Å². The molecule has 2 aromatic heterocycles. The topological polar surface area (TPSA) is 64.1 Å². The average Bonchev–Trinajstić information content (AvgIpc) is 2.75. The molecular formula is C24H24FN3O2. The molecule has 5 nitrogen and oxygen atoms in total. The molecule has 1 N–H and O–H groups in total. The minimum Gasteiger partial charge on any atom is -0.490 e. The van der Waals surface area contributed by atoms with Crippen molar-refractivity contribution in [1.29, 1.82) is 0 Å². The number of benzene rings is 1. The van der Waals surface area contributed by atoms with Crippen LogP contribution in [0.4, 0.5) is 10.1 Å². The Hall–Kier alpha value is -3.46. The largest absolute Gasteiger partial charge is 0.490 e. The van der Waals surface area contributed by atoms with Crippen LogP contribution in [0.15, 0.2) is 42.6 Å². The number of carbonyl (C=O) groups excluding carboxylic acids is 1. The smallest absolute Gasteiger partial charge is 0.274 e. The Morgan fingerprint density at radius 1 is 1.17 bits per heavy atom. The van der Waals surface area contributed by atoms with Gasteiger partial charge >= 0.3 is 0 Å². The van der Waals surface area contributed by atoms with Crippen LogP contribution >= 0.6 is 0 Å². The van der Waals surface area contributed by atoms with E-state index < -0.39 is 11.7 Å². The van der Waals surface area contributed by atoms with E-state index in [4.69, 9.17) is 4.74 Å². The molecule has 6 heteroatoms. The standard InChI is InChI=1S/C24H24FN3O2/c1-3-4-5-6-7-8-15-30-21-13-9-11-19(22(21)25)28-24(29)23-17(2)16-20-18(27-23)12-10-14-26-20/h9-14,16H,5-8,15H2,1-2H3,(H,28,29). The van der Waals surface area contributed by atoms with Crippen LogP contribution < -0.4 is 10.1 Å². The molecule has 3 aromatic rings. The van der Waals surface area contributed by atoms with E-state index >= 15 is 0 Å². The Morgan fingerprint density at radius 2 is 2.03 bits per heavy atom. The van der Waals surface area contributed by atoms with Crippen molar-refractivity contribution in [3.63, 3.8) is 0 Å². The van der Waals surface area contributed by atoms with E-state index in [9.17, 15) is 9.18 Å². The first-order chi connectivity index (χ1) is 14.6.